The van der Waals surface area contributed by atoms with Gasteiger partial charge in [0.2, 0.25) is 0 Å². The van der Waals surface area contributed by atoms with E-state index in [-0.39, 0.29) is 16.4 Å². The van der Waals surface area contributed by atoms with Crippen LogP contribution in [0.1, 0.15) is 16.1 Å². The van der Waals surface area contributed by atoms with Crippen molar-refractivity contribution in [1.29, 1.82) is 0 Å². The van der Waals surface area contributed by atoms with E-state index >= 15 is 0 Å². The summed E-state index contributed by atoms with van der Waals surface area (Å²) in [5.41, 5.74) is 6.53. The quantitative estimate of drug-likeness (QED) is 0.657. The summed E-state index contributed by atoms with van der Waals surface area (Å²) in [6.07, 6.45) is 0. The van der Waals surface area contributed by atoms with Gasteiger partial charge in [-0.15, -0.1) is 0 Å². The maximum Gasteiger partial charge on any atom is 0.357 e. The summed E-state index contributed by atoms with van der Waals surface area (Å²) in [5.74, 6) is -1.22. The zero-order valence-corrected chi connectivity index (χ0v) is 10.6. The SMILES string of the molecule is Cc1ccc([N+](=O)[O-])cc1-c1nc(C(=O)O)c(N)s1. The predicted molar refractivity (Wildman–Crippen MR) is 70.3 cm³/mol. The number of nitro groups is 1. The lowest BCUT2D eigenvalue weighted by molar-refractivity contribution is -0.384. The van der Waals surface area contributed by atoms with Crippen molar-refractivity contribution in [3.8, 4) is 10.6 Å². The molecule has 0 aliphatic carbocycles. The smallest absolute Gasteiger partial charge is 0.357 e. The Labute approximate surface area is 111 Å². The van der Waals surface area contributed by atoms with Gasteiger partial charge in [0.25, 0.3) is 5.69 Å². The van der Waals surface area contributed by atoms with E-state index in [9.17, 15) is 14.9 Å². The average molecular weight is 279 g/mol. The molecule has 0 aliphatic rings. The average Bonchev–Trinajstić information content (AvgIpc) is 2.71. The number of carbonyl (C=O) groups is 1. The van der Waals surface area contributed by atoms with Gasteiger partial charge in [-0.25, -0.2) is 9.78 Å². The number of hydrogen-bond donors (Lipinski definition) is 2. The largest absolute Gasteiger partial charge is 0.476 e. The van der Waals surface area contributed by atoms with Crippen LogP contribution < -0.4 is 5.73 Å². The van der Waals surface area contributed by atoms with E-state index in [1.54, 1.807) is 13.0 Å². The second kappa shape index (κ2) is 4.65. The van der Waals surface area contributed by atoms with Crippen molar-refractivity contribution in [2.75, 3.05) is 5.73 Å². The highest BCUT2D eigenvalue weighted by molar-refractivity contribution is 7.19. The molecule has 98 valence electrons. The first-order valence-corrected chi connectivity index (χ1v) is 5.97. The number of nitro benzene ring substituents is 1. The fourth-order valence-corrected chi connectivity index (χ4v) is 2.46. The first kappa shape index (κ1) is 13.0. The molecule has 1 aromatic heterocycles. The Balaban J connectivity index is 2.58. The molecule has 0 saturated heterocycles. The highest BCUT2D eigenvalue weighted by atomic mass is 32.1. The van der Waals surface area contributed by atoms with E-state index in [1.165, 1.54) is 12.1 Å². The molecule has 0 radical (unpaired) electrons. The Kier molecular flexibility index (Phi) is 3.17. The summed E-state index contributed by atoms with van der Waals surface area (Å²) in [6, 6.07) is 4.33. The number of aryl methyl sites for hydroxylation is 1. The number of nitrogens with zero attached hydrogens (tertiary/aromatic N) is 2. The van der Waals surface area contributed by atoms with Crippen LogP contribution in [0.5, 0.6) is 0 Å². The van der Waals surface area contributed by atoms with Crippen LogP contribution in [0.2, 0.25) is 0 Å². The number of nitrogens with two attached hydrogens (primary N) is 1. The van der Waals surface area contributed by atoms with Crippen LogP contribution in [0.3, 0.4) is 0 Å². The third-order valence-corrected chi connectivity index (χ3v) is 3.44. The number of aromatic nitrogens is 1. The molecular formula is C11H9N3O4S. The van der Waals surface area contributed by atoms with E-state index in [0.717, 1.165) is 16.9 Å². The molecule has 0 saturated carbocycles. The van der Waals surface area contributed by atoms with Gasteiger partial charge in [0, 0.05) is 17.7 Å². The number of carboxylic acid groups (broad SMARTS) is 1. The van der Waals surface area contributed by atoms with Crippen molar-refractivity contribution < 1.29 is 14.8 Å². The monoisotopic (exact) mass is 279 g/mol. The van der Waals surface area contributed by atoms with Crippen molar-refractivity contribution in [3.05, 3.63) is 39.6 Å². The molecule has 0 unspecified atom stereocenters. The fraction of sp³-hybridized carbons (Fsp3) is 0.0909. The number of hydrogen-bond acceptors (Lipinski definition) is 6. The van der Waals surface area contributed by atoms with Crippen LogP contribution >= 0.6 is 11.3 Å². The highest BCUT2D eigenvalue weighted by Gasteiger charge is 2.18. The number of carboxylic acids is 1. The summed E-state index contributed by atoms with van der Waals surface area (Å²) >= 11 is 0.994. The normalized spacial score (nSPS) is 10.4. The Bertz CT molecular complexity index is 681. The zero-order valence-electron chi connectivity index (χ0n) is 9.78. The molecule has 0 spiro atoms. The minimum Gasteiger partial charge on any atom is -0.476 e. The molecular weight excluding hydrogens is 270 g/mol. The number of anilines is 1. The third-order valence-electron chi connectivity index (χ3n) is 2.52. The molecule has 8 heteroatoms. The fourth-order valence-electron chi connectivity index (χ4n) is 1.55. The van der Waals surface area contributed by atoms with Gasteiger partial charge in [0.1, 0.15) is 10.0 Å². The van der Waals surface area contributed by atoms with Gasteiger partial charge in [0.15, 0.2) is 5.69 Å². The predicted octanol–water partition coefficient (Wildman–Crippen LogP) is 2.31. The summed E-state index contributed by atoms with van der Waals surface area (Å²) in [7, 11) is 0. The zero-order chi connectivity index (χ0) is 14.2. The highest BCUT2D eigenvalue weighted by Crippen LogP contribution is 2.33. The van der Waals surface area contributed by atoms with Crippen LogP contribution in [0.25, 0.3) is 10.6 Å². The lowest BCUT2D eigenvalue weighted by Crippen LogP contribution is -2.00. The standard InChI is InChI=1S/C11H9N3O4S/c1-5-2-3-6(14(17)18)4-7(5)10-13-8(11(15)16)9(12)19-10/h2-4H,12H2,1H3,(H,15,16). The van der Waals surface area contributed by atoms with Gasteiger partial charge in [-0.1, -0.05) is 17.4 Å². The lowest BCUT2D eigenvalue weighted by Gasteiger charge is -2.01. The van der Waals surface area contributed by atoms with Crippen LogP contribution in [0, 0.1) is 17.0 Å². The van der Waals surface area contributed by atoms with Gasteiger partial charge in [-0.3, -0.25) is 10.1 Å². The van der Waals surface area contributed by atoms with E-state index in [0.29, 0.717) is 10.6 Å². The first-order chi connectivity index (χ1) is 8.90. The second-order valence-corrected chi connectivity index (χ2v) is 4.82. The van der Waals surface area contributed by atoms with Gasteiger partial charge in [0.05, 0.1) is 4.92 Å². The molecule has 2 aromatic rings. The van der Waals surface area contributed by atoms with Crippen molar-refractivity contribution in [2.45, 2.75) is 6.92 Å². The first-order valence-electron chi connectivity index (χ1n) is 5.15. The number of thiazole rings is 1. The minimum atomic E-state index is -1.22. The van der Waals surface area contributed by atoms with Crippen LogP contribution in [-0.4, -0.2) is 21.0 Å². The molecule has 3 N–H and O–H groups in total. The van der Waals surface area contributed by atoms with Crippen LogP contribution in [0.15, 0.2) is 18.2 Å². The Morgan fingerprint density at radius 2 is 2.21 bits per heavy atom. The van der Waals surface area contributed by atoms with E-state index in [2.05, 4.69) is 4.98 Å². The van der Waals surface area contributed by atoms with E-state index in [4.69, 9.17) is 10.8 Å². The molecule has 1 heterocycles. The molecule has 1 aromatic carbocycles. The van der Waals surface area contributed by atoms with Gasteiger partial charge < -0.3 is 10.8 Å². The number of aromatic carboxylic acids is 1. The summed E-state index contributed by atoms with van der Waals surface area (Å²) in [5, 5.41) is 20.1. The summed E-state index contributed by atoms with van der Waals surface area (Å²) < 4.78 is 0. The lowest BCUT2D eigenvalue weighted by atomic mass is 10.1. The van der Waals surface area contributed by atoms with Crippen molar-refractivity contribution >= 4 is 28.0 Å². The molecule has 7 nitrogen and oxygen atoms in total. The van der Waals surface area contributed by atoms with Crippen LogP contribution in [-0.2, 0) is 0 Å². The van der Waals surface area contributed by atoms with E-state index in [1.807, 2.05) is 0 Å². The number of rotatable bonds is 3. The Morgan fingerprint density at radius 1 is 1.53 bits per heavy atom. The number of benzene rings is 1. The van der Waals surface area contributed by atoms with Gasteiger partial charge in [-0.05, 0) is 12.5 Å². The maximum atomic E-state index is 10.9. The molecule has 2 rings (SSSR count). The molecule has 0 atom stereocenters. The molecule has 0 bridgehead atoms. The molecule has 19 heavy (non-hydrogen) atoms. The summed E-state index contributed by atoms with van der Waals surface area (Å²) in [6.45, 7) is 1.76. The van der Waals surface area contributed by atoms with Crippen molar-refractivity contribution in [3.63, 3.8) is 0 Å². The van der Waals surface area contributed by atoms with Gasteiger partial charge >= 0.3 is 5.97 Å². The van der Waals surface area contributed by atoms with Crippen LogP contribution in [0.4, 0.5) is 10.7 Å². The summed E-state index contributed by atoms with van der Waals surface area (Å²) in [4.78, 5) is 25.0. The maximum absolute atomic E-state index is 10.9. The third kappa shape index (κ3) is 2.38. The Morgan fingerprint density at radius 3 is 2.74 bits per heavy atom. The van der Waals surface area contributed by atoms with Crippen molar-refractivity contribution in [2.24, 2.45) is 0 Å². The van der Waals surface area contributed by atoms with Crippen molar-refractivity contribution in [1.82, 2.24) is 4.98 Å². The molecule has 0 amide bonds. The number of nitrogen functional groups attached to an aromatic ring is 1. The van der Waals surface area contributed by atoms with Gasteiger partial charge in [-0.2, -0.15) is 0 Å². The molecule has 0 aliphatic heterocycles. The second-order valence-electron chi connectivity index (χ2n) is 3.79. The topological polar surface area (TPSA) is 119 Å². The van der Waals surface area contributed by atoms with E-state index < -0.39 is 10.9 Å². The Hall–Kier alpha value is -2.48. The minimum absolute atomic E-state index is 0.0772. The number of non-ortho nitro benzene ring substituents is 1. The molecule has 0 fully saturated rings.